The number of halogens is 2. The zero-order valence-corrected chi connectivity index (χ0v) is 27.5. The fraction of sp³-hybridized carbons (Fsp3) is 0.400. The van der Waals surface area contributed by atoms with E-state index in [1.165, 1.54) is 0 Å². The number of amides is 1. The fourth-order valence-corrected chi connectivity index (χ4v) is 7.74. The zero-order valence-electron chi connectivity index (χ0n) is 24.3. The van der Waals surface area contributed by atoms with Gasteiger partial charge in [0.2, 0.25) is 5.91 Å². The molecule has 1 amide bonds. The van der Waals surface area contributed by atoms with Crippen molar-refractivity contribution >= 4 is 49.7 Å². The van der Waals surface area contributed by atoms with Crippen LogP contribution < -0.4 is 0 Å². The molecule has 2 heterocycles. The lowest BCUT2D eigenvalue weighted by Gasteiger charge is -2.52. The van der Waals surface area contributed by atoms with Crippen molar-refractivity contribution in [3.05, 3.63) is 104 Å². The highest BCUT2D eigenvalue weighted by molar-refractivity contribution is 9.10. The van der Waals surface area contributed by atoms with Gasteiger partial charge >= 0.3 is 11.9 Å². The second kappa shape index (κ2) is 14.0. The van der Waals surface area contributed by atoms with Gasteiger partial charge in [0.05, 0.1) is 17.7 Å². The minimum Gasteiger partial charge on any atom is -0.455 e. The average Bonchev–Trinajstić information content (AvgIpc) is 3.13. The first-order valence-electron chi connectivity index (χ1n) is 15.2. The molecule has 3 aromatic carbocycles. The van der Waals surface area contributed by atoms with Crippen LogP contribution in [0.5, 0.6) is 0 Å². The molecule has 6 atom stereocenters. The number of esters is 2. The molecule has 2 bridgehead atoms. The van der Waals surface area contributed by atoms with Crippen molar-refractivity contribution < 1.29 is 28.6 Å². The Morgan fingerprint density at radius 3 is 2.00 bits per heavy atom. The highest BCUT2D eigenvalue weighted by atomic mass is 79.9. The minimum absolute atomic E-state index is 0.00692. The number of piperidine rings is 1. The van der Waals surface area contributed by atoms with Crippen LogP contribution in [0, 0.1) is 23.7 Å². The molecular weight excluding hydrogens is 690 g/mol. The SMILES string of the molecule is O=C(O[C@@H]1[C@H]2CCCN3CC[C@H]([C@@H](CCOCc4ccccc4)[C@@H]1OC(=O)c1ccc(Br)cc1)[C@@H]2C3=O)c1ccc(Br)cc1. The van der Waals surface area contributed by atoms with Gasteiger partial charge in [-0.05, 0) is 85.7 Å². The number of fused-ring (bicyclic) bond motifs is 1. The zero-order chi connectivity index (χ0) is 30.6. The molecule has 3 aromatic rings. The molecule has 0 aromatic heterocycles. The highest BCUT2D eigenvalue weighted by Crippen LogP contribution is 2.50. The van der Waals surface area contributed by atoms with Gasteiger partial charge in [0, 0.05) is 46.4 Å². The second-order valence-electron chi connectivity index (χ2n) is 11.9. The van der Waals surface area contributed by atoms with Crippen molar-refractivity contribution in [1.29, 1.82) is 0 Å². The number of hydrogen-bond acceptors (Lipinski definition) is 6. The van der Waals surface area contributed by atoms with Crippen LogP contribution >= 0.6 is 31.9 Å². The summed E-state index contributed by atoms with van der Waals surface area (Å²) in [6, 6.07) is 24.0. The molecule has 1 saturated carbocycles. The predicted octanol–water partition coefficient (Wildman–Crippen LogP) is 7.07. The van der Waals surface area contributed by atoms with Crippen LogP contribution in [0.4, 0.5) is 0 Å². The van der Waals surface area contributed by atoms with Crippen molar-refractivity contribution in [3.63, 3.8) is 0 Å². The molecule has 3 fully saturated rings. The Bertz CT molecular complexity index is 1460. The largest absolute Gasteiger partial charge is 0.455 e. The van der Waals surface area contributed by atoms with E-state index in [-0.39, 0.29) is 29.6 Å². The Hall–Kier alpha value is -3.01. The summed E-state index contributed by atoms with van der Waals surface area (Å²) in [7, 11) is 0. The van der Waals surface area contributed by atoms with Crippen LogP contribution in [-0.2, 0) is 25.6 Å². The van der Waals surface area contributed by atoms with Gasteiger partial charge in [-0.2, -0.15) is 0 Å². The quantitative estimate of drug-likeness (QED) is 0.174. The number of benzene rings is 3. The van der Waals surface area contributed by atoms with E-state index in [0.29, 0.717) is 50.3 Å². The van der Waals surface area contributed by atoms with Gasteiger partial charge in [-0.15, -0.1) is 0 Å². The molecule has 7 nitrogen and oxygen atoms in total. The van der Waals surface area contributed by atoms with Crippen LogP contribution in [0.3, 0.4) is 0 Å². The third-order valence-electron chi connectivity index (χ3n) is 9.29. The highest BCUT2D eigenvalue weighted by Gasteiger charge is 2.58. The number of ether oxygens (including phenoxy) is 3. The van der Waals surface area contributed by atoms with E-state index in [1.54, 1.807) is 48.5 Å². The Kier molecular flexibility index (Phi) is 9.83. The molecule has 0 radical (unpaired) electrons. The van der Waals surface area contributed by atoms with Gasteiger partial charge in [-0.1, -0.05) is 62.2 Å². The maximum Gasteiger partial charge on any atom is 0.338 e. The standard InChI is InChI=1S/C35H35Br2NO6/c36-25-12-8-23(9-13-25)34(40)43-31-28(17-20-42-21-22-5-2-1-3-6-22)27-16-19-38-18-4-7-29(30(27)33(38)39)32(31)44-35(41)24-10-14-26(37)15-11-24/h1-3,5-6,8-15,27-32H,4,7,16-21H2/t27-,28-,29+,30+,31+,32-/m1/s1. The molecule has 9 heteroatoms. The van der Waals surface area contributed by atoms with Gasteiger partial charge in [-0.25, -0.2) is 9.59 Å². The summed E-state index contributed by atoms with van der Waals surface area (Å²) in [5.74, 6) is -1.61. The fourth-order valence-electron chi connectivity index (χ4n) is 7.21. The van der Waals surface area contributed by atoms with E-state index < -0.39 is 24.1 Å². The molecule has 2 aliphatic heterocycles. The Morgan fingerprint density at radius 1 is 0.750 bits per heavy atom. The number of hydrogen-bond donors (Lipinski definition) is 0. The lowest BCUT2D eigenvalue weighted by Crippen LogP contribution is -2.61. The van der Waals surface area contributed by atoms with Crippen molar-refractivity contribution in [2.24, 2.45) is 23.7 Å². The lowest BCUT2D eigenvalue weighted by atomic mass is 9.59. The first kappa shape index (κ1) is 31.0. The topological polar surface area (TPSA) is 82.1 Å². The molecule has 3 aliphatic rings. The van der Waals surface area contributed by atoms with Crippen molar-refractivity contribution in [3.8, 4) is 0 Å². The van der Waals surface area contributed by atoms with Gasteiger partial charge in [0.25, 0.3) is 0 Å². The van der Waals surface area contributed by atoms with E-state index in [1.807, 2.05) is 35.2 Å². The number of carbonyl (C=O) groups is 3. The summed E-state index contributed by atoms with van der Waals surface area (Å²) < 4.78 is 20.5. The second-order valence-corrected chi connectivity index (χ2v) is 13.7. The van der Waals surface area contributed by atoms with Crippen LogP contribution in [0.1, 0.15) is 52.0 Å². The van der Waals surface area contributed by atoms with Crippen molar-refractivity contribution in [1.82, 2.24) is 4.90 Å². The maximum atomic E-state index is 13.9. The molecular formula is C35H35Br2NO6. The third kappa shape index (κ3) is 6.80. The number of rotatable bonds is 9. The van der Waals surface area contributed by atoms with Crippen molar-refractivity contribution in [2.45, 2.75) is 44.5 Å². The first-order chi connectivity index (χ1) is 21.4. The predicted molar refractivity (Wildman–Crippen MR) is 172 cm³/mol. The molecule has 230 valence electrons. The van der Waals surface area contributed by atoms with Crippen LogP contribution in [0.15, 0.2) is 87.8 Å². The number of carbonyl (C=O) groups excluding carboxylic acids is 3. The van der Waals surface area contributed by atoms with Gasteiger partial charge < -0.3 is 19.1 Å². The van der Waals surface area contributed by atoms with E-state index in [2.05, 4.69) is 31.9 Å². The summed E-state index contributed by atoms with van der Waals surface area (Å²) in [6.45, 7) is 2.26. The summed E-state index contributed by atoms with van der Waals surface area (Å²) in [5, 5.41) is 0. The molecule has 44 heavy (non-hydrogen) atoms. The normalized spacial score (nSPS) is 26.0. The van der Waals surface area contributed by atoms with Crippen LogP contribution in [0.25, 0.3) is 0 Å². The molecule has 0 N–H and O–H groups in total. The summed E-state index contributed by atoms with van der Waals surface area (Å²) >= 11 is 6.85. The molecule has 0 unspecified atom stereocenters. The third-order valence-corrected chi connectivity index (χ3v) is 10.3. The Balaban J connectivity index is 1.32. The van der Waals surface area contributed by atoms with Crippen molar-refractivity contribution in [2.75, 3.05) is 19.7 Å². The van der Waals surface area contributed by atoms with E-state index >= 15 is 0 Å². The minimum atomic E-state index is -0.770. The first-order valence-corrected chi connectivity index (χ1v) is 16.8. The summed E-state index contributed by atoms with van der Waals surface area (Å²) in [6.07, 6.45) is 1.41. The molecule has 1 aliphatic carbocycles. The maximum absolute atomic E-state index is 13.9. The van der Waals surface area contributed by atoms with Gasteiger partial charge in [0.1, 0.15) is 12.2 Å². The van der Waals surface area contributed by atoms with E-state index in [0.717, 1.165) is 27.4 Å². The molecule has 0 spiro atoms. The summed E-state index contributed by atoms with van der Waals surface area (Å²) in [4.78, 5) is 43.0. The number of nitrogens with zero attached hydrogens (tertiary/aromatic N) is 1. The van der Waals surface area contributed by atoms with E-state index in [9.17, 15) is 14.4 Å². The van der Waals surface area contributed by atoms with Gasteiger partial charge in [-0.3, -0.25) is 4.79 Å². The van der Waals surface area contributed by atoms with Crippen LogP contribution in [-0.4, -0.2) is 54.7 Å². The van der Waals surface area contributed by atoms with E-state index in [4.69, 9.17) is 14.2 Å². The average molecular weight is 725 g/mol. The van der Waals surface area contributed by atoms with Crippen LogP contribution in [0.2, 0.25) is 0 Å². The Morgan fingerprint density at radius 2 is 1.36 bits per heavy atom. The van der Waals surface area contributed by atoms with Gasteiger partial charge in [0.15, 0.2) is 0 Å². The Labute approximate surface area is 274 Å². The summed E-state index contributed by atoms with van der Waals surface area (Å²) in [5.41, 5.74) is 1.89. The molecule has 2 saturated heterocycles. The smallest absolute Gasteiger partial charge is 0.338 e. The molecule has 6 rings (SSSR count). The monoisotopic (exact) mass is 723 g/mol. The lowest BCUT2D eigenvalue weighted by molar-refractivity contribution is -0.171.